The molecule has 0 aliphatic carbocycles. The molecule has 17 heavy (non-hydrogen) atoms. The maximum Gasteiger partial charge on any atom is 0.254 e. The summed E-state index contributed by atoms with van der Waals surface area (Å²) in [4.78, 5) is 14.6. The lowest BCUT2D eigenvalue weighted by Gasteiger charge is -2.05. The number of halogens is 2. The van der Waals surface area contributed by atoms with Crippen molar-refractivity contribution in [3.8, 4) is 0 Å². The molecule has 0 atom stereocenters. The molecule has 0 unspecified atom stereocenters. The van der Waals surface area contributed by atoms with Crippen molar-refractivity contribution in [3.63, 3.8) is 0 Å². The van der Waals surface area contributed by atoms with Crippen molar-refractivity contribution < 1.29 is 13.6 Å². The monoisotopic (exact) mass is 258 g/mol. The van der Waals surface area contributed by atoms with Gasteiger partial charge < -0.3 is 5.32 Å². The molecule has 0 aromatic carbocycles. The molecule has 0 fully saturated rings. The van der Waals surface area contributed by atoms with Gasteiger partial charge in [-0.3, -0.25) is 4.79 Å². The van der Waals surface area contributed by atoms with Gasteiger partial charge >= 0.3 is 0 Å². The highest BCUT2D eigenvalue weighted by molar-refractivity contribution is 7.99. The average molecular weight is 258 g/mol. The predicted molar refractivity (Wildman–Crippen MR) is 64.0 cm³/mol. The van der Waals surface area contributed by atoms with Crippen molar-refractivity contribution in [2.75, 3.05) is 18.1 Å². The average Bonchev–Trinajstić information content (AvgIpc) is 2.32. The van der Waals surface area contributed by atoms with Crippen LogP contribution in [0.15, 0.2) is 24.9 Å². The van der Waals surface area contributed by atoms with Gasteiger partial charge in [-0.15, -0.1) is 6.58 Å². The Morgan fingerprint density at radius 1 is 1.59 bits per heavy atom. The molecule has 0 bridgehead atoms. The number of carbonyl (C=O) groups is 1. The van der Waals surface area contributed by atoms with Gasteiger partial charge in [0.1, 0.15) is 0 Å². The van der Waals surface area contributed by atoms with Crippen molar-refractivity contribution >= 4 is 17.7 Å². The maximum absolute atomic E-state index is 13.2. The fourth-order valence-electron chi connectivity index (χ4n) is 1.09. The molecule has 0 aliphatic rings. The third kappa shape index (κ3) is 4.14. The van der Waals surface area contributed by atoms with Crippen LogP contribution in [-0.2, 0) is 0 Å². The number of nitrogens with zero attached hydrogens (tertiary/aromatic N) is 1. The minimum Gasteiger partial charge on any atom is -0.351 e. The largest absolute Gasteiger partial charge is 0.351 e. The highest BCUT2D eigenvalue weighted by Crippen LogP contribution is 2.08. The van der Waals surface area contributed by atoms with E-state index in [0.717, 1.165) is 18.0 Å². The van der Waals surface area contributed by atoms with Crippen LogP contribution in [-0.4, -0.2) is 28.9 Å². The highest BCUT2D eigenvalue weighted by Gasteiger charge is 2.15. The number of pyridine rings is 1. The summed E-state index contributed by atoms with van der Waals surface area (Å²) in [7, 11) is 0. The van der Waals surface area contributed by atoms with Gasteiger partial charge in [-0.2, -0.15) is 16.2 Å². The summed E-state index contributed by atoms with van der Waals surface area (Å²) in [6.07, 6.45) is 2.81. The second-order valence-corrected chi connectivity index (χ2v) is 4.23. The van der Waals surface area contributed by atoms with E-state index >= 15 is 0 Å². The standard InChI is InChI=1S/C11H12F2N2OS/c1-2-6-17-7-5-15-11(16)8-3-4-14-10(13)9(8)12/h2-4H,1,5-7H2,(H,15,16). The molecule has 0 radical (unpaired) electrons. The first kappa shape index (κ1) is 13.6. The molecule has 1 amide bonds. The molecular formula is C11H12F2N2OS. The highest BCUT2D eigenvalue weighted by atomic mass is 32.2. The Morgan fingerprint density at radius 2 is 2.35 bits per heavy atom. The van der Waals surface area contributed by atoms with Gasteiger partial charge in [-0.25, -0.2) is 9.37 Å². The molecule has 0 aliphatic heterocycles. The summed E-state index contributed by atoms with van der Waals surface area (Å²) in [5, 5.41) is 2.50. The van der Waals surface area contributed by atoms with Gasteiger partial charge in [0.15, 0.2) is 5.82 Å². The van der Waals surface area contributed by atoms with E-state index in [9.17, 15) is 13.6 Å². The normalized spacial score (nSPS) is 10.0. The Hall–Kier alpha value is -1.43. The topological polar surface area (TPSA) is 42.0 Å². The lowest BCUT2D eigenvalue weighted by atomic mass is 10.2. The SMILES string of the molecule is C=CCSCCNC(=O)c1ccnc(F)c1F. The van der Waals surface area contributed by atoms with Crippen LogP contribution in [0.4, 0.5) is 8.78 Å². The van der Waals surface area contributed by atoms with Gasteiger partial charge in [-0.1, -0.05) is 6.08 Å². The summed E-state index contributed by atoms with van der Waals surface area (Å²) < 4.78 is 25.9. The number of rotatable bonds is 6. The van der Waals surface area contributed by atoms with Crippen molar-refractivity contribution in [1.29, 1.82) is 0 Å². The third-order valence-corrected chi connectivity index (χ3v) is 2.82. The minimum atomic E-state index is -1.27. The van der Waals surface area contributed by atoms with Gasteiger partial charge in [0.05, 0.1) is 5.56 Å². The van der Waals surface area contributed by atoms with Gasteiger partial charge in [0.2, 0.25) is 5.95 Å². The molecular weight excluding hydrogens is 246 g/mol. The molecule has 0 saturated heterocycles. The fraction of sp³-hybridized carbons (Fsp3) is 0.273. The summed E-state index contributed by atoms with van der Waals surface area (Å²) >= 11 is 1.58. The first-order valence-electron chi connectivity index (χ1n) is 4.93. The van der Waals surface area contributed by atoms with E-state index in [1.165, 1.54) is 0 Å². The Balaban J connectivity index is 2.47. The molecule has 1 heterocycles. The number of carbonyl (C=O) groups excluding carboxylic acids is 1. The summed E-state index contributed by atoms with van der Waals surface area (Å²) in [6.45, 7) is 3.95. The number of hydrogen-bond acceptors (Lipinski definition) is 3. The van der Waals surface area contributed by atoms with E-state index in [1.807, 2.05) is 0 Å². The van der Waals surface area contributed by atoms with Gasteiger partial charge in [0, 0.05) is 24.2 Å². The second kappa shape index (κ2) is 7.01. The maximum atomic E-state index is 13.2. The van der Waals surface area contributed by atoms with Crippen LogP contribution in [0.5, 0.6) is 0 Å². The first-order valence-corrected chi connectivity index (χ1v) is 6.09. The zero-order chi connectivity index (χ0) is 12.7. The predicted octanol–water partition coefficient (Wildman–Crippen LogP) is 2.01. The Labute approximate surface area is 102 Å². The second-order valence-electron chi connectivity index (χ2n) is 3.08. The van der Waals surface area contributed by atoms with E-state index in [4.69, 9.17) is 0 Å². The van der Waals surface area contributed by atoms with Crippen LogP contribution in [0.3, 0.4) is 0 Å². The number of nitrogens with one attached hydrogen (secondary N) is 1. The van der Waals surface area contributed by atoms with E-state index in [2.05, 4.69) is 16.9 Å². The molecule has 0 spiro atoms. The number of amides is 1. The van der Waals surface area contributed by atoms with Crippen LogP contribution in [0.1, 0.15) is 10.4 Å². The lowest BCUT2D eigenvalue weighted by Crippen LogP contribution is -2.27. The fourth-order valence-corrected chi connectivity index (χ4v) is 1.67. The molecule has 3 nitrogen and oxygen atoms in total. The lowest BCUT2D eigenvalue weighted by molar-refractivity contribution is 0.0950. The molecule has 1 aromatic rings. The van der Waals surface area contributed by atoms with Crippen LogP contribution in [0.2, 0.25) is 0 Å². The van der Waals surface area contributed by atoms with Crippen molar-refractivity contribution in [2.45, 2.75) is 0 Å². The number of thioether (sulfide) groups is 1. The van der Waals surface area contributed by atoms with Crippen LogP contribution in [0, 0.1) is 11.8 Å². The zero-order valence-electron chi connectivity index (χ0n) is 9.08. The van der Waals surface area contributed by atoms with Crippen molar-refractivity contribution in [3.05, 3.63) is 42.2 Å². The summed E-state index contributed by atoms with van der Waals surface area (Å²) in [5.74, 6) is -1.65. The summed E-state index contributed by atoms with van der Waals surface area (Å²) in [5.41, 5.74) is -0.328. The van der Waals surface area contributed by atoms with Crippen molar-refractivity contribution in [2.24, 2.45) is 0 Å². The van der Waals surface area contributed by atoms with Gasteiger partial charge in [-0.05, 0) is 6.07 Å². The molecule has 92 valence electrons. The Bertz CT molecular complexity index is 412. The number of hydrogen-bond donors (Lipinski definition) is 1. The van der Waals surface area contributed by atoms with E-state index in [-0.39, 0.29) is 5.56 Å². The minimum absolute atomic E-state index is 0.328. The molecule has 1 N–H and O–H groups in total. The first-order chi connectivity index (χ1) is 8.16. The molecule has 1 aromatic heterocycles. The van der Waals surface area contributed by atoms with Gasteiger partial charge in [0.25, 0.3) is 5.91 Å². The van der Waals surface area contributed by atoms with Crippen LogP contribution in [0.25, 0.3) is 0 Å². The third-order valence-electron chi connectivity index (χ3n) is 1.86. The Kier molecular flexibility index (Phi) is 5.62. The number of aromatic nitrogens is 1. The zero-order valence-corrected chi connectivity index (χ0v) is 9.90. The van der Waals surface area contributed by atoms with E-state index in [1.54, 1.807) is 17.8 Å². The van der Waals surface area contributed by atoms with Crippen LogP contribution < -0.4 is 5.32 Å². The summed E-state index contributed by atoms with van der Waals surface area (Å²) in [6, 6.07) is 1.14. The molecule has 1 rings (SSSR count). The van der Waals surface area contributed by atoms with E-state index < -0.39 is 17.7 Å². The smallest absolute Gasteiger partial charge is 0.254 e. The van der Waals surface area contributed by atoms with Crippen molar-refractivity contribution in [1.82, 2.24) is 10.3 Å². The molecule has 6 heteroatoms. The van der Waals surface area contributed by atoms with E-state index in [0.29, 0.717) is 12.3 Å². The quantitative estimate of drug-likeness (QED) is 0.482. The Morgan fingerprint density at radius 3 is 3.06 bits per heavy atom. The van der Waals surface area contributed by atoms with Crippen LogP contribution >= 0.6 is 11.8 Å². The molecule has 0 saturated carbocycles.